The standard InChI is InChI=1S/C14H20ClN3O4S/c1-11-10-22-7-6-18(11)23(20,21)8-5-16-14(19)17-13-4-2-3-12(15)9-13/h2-4,9,11H,5-8,10H2,1H3,(H2,16,17,19). The molecule has 0 aliphatic carbocycles. The largest absolute Gasteiger partial charge is 0.378 e. The van der Waals surface area contributed by atoms with Gasteiger partial charge in [-0.25, -0.2) is 13.2 Å². The van der Waals surface area contributed by atoms with Gasteiger partial charge in [0.1, 0.15) is 0 Å². The van der Waals surface area contributed by atoms with Crippen molar-refractivity contribution in [3.05, 3.63) is 29.3 Å². The minimum Gasteiger partial charge on any atom is -0.378 e. The molecular formula is C14H20ClN3O4S. The number of halogens is 1. The number of urea groups is 1. The second kappa shape index (κ2) is 7.96. The third kappa shape index (κ3) is 5.35. The molecule has 0 spiro atoms. The highest BCUT2D eigenvalue weighted by molar-refractivity contribution is 7.89. The predicted octanol–water partition coefficient (Wildman–Crippen LogP) is 1.51. The van der Waals surface area contributed by atoms with E-state index in [0.29, 0.717) is 30.5 Å². The third-order valence-corrected chi connectivity index (χ3v) is 5.60. The molecule has 23 heavy (non-hydrogen) atoms. The fourth-order valence-corrected chi connectivity index (χ4v) is 4.02. The minimum atomic E-state index is -3.42. The van der Waals surface area contributed by atoms with Crippen molar-refractivity contribution in [3.8, 4) is 0 Å². The van der Waals surface area contributed by atoms with Gasteiger partial charge >= 0.3 is 6.03 Å². The predicted molar refractivity (Wildman–Crippen MR) is 89.2 cm³/mol. The number of hydrogen-bond acceptors (Lipinski definition) is 4. The van der Waals surface area contributed by atoms with Crippen LogP contribution >= 0.6 is 11.6 Å². The SMILES string of the molecule is CC1COCCN1S(=O)(=O)CCNC(=O)Nc1cccc(Cl)c1. The Bertz CT molecular complexity index is 653. The van der Waals surface area contributed by atoms with E-state index in [-0.39, 0.29) is 18.3 Å². The molecule has 1 aliphatic rings. The molecule has 0 bridgehead atoms. The van der Waals surface area contributed by atoms with E-state index in [2.05, 4.69) is 10.6 Å². The van der Waals surface area contributed by atoms with Crippen molar-refractivity contribution in [3.63, 3.8) is 0 Å². The summed E-state index contributed by atoms with van der Waals surface area (Å²) in [6, 6.07) is 6.04. The van der Waals surface area contributed by atoms with Gasteiger partial charge in [0.2, 0.25) is 10.0 Å². The van der Waals surface area contributed by atoms with Gasteiger partial charge in [0, 0.05) is 29.8 Å². The summed E-state index contributed by atoms with van der Waals surface area (Å²) in [4.78, 5) is 11.8. The Kier molecular flexibility index (Phi) is 6.23. The lowest BCUT2D eigenvalue weighted by Gasteiger charge is -2.32. The summed E-state index contributed by atoms with van der Waals surface area (Å²) in [6.45, 7) is 2.96. The van der Waals surface area contributed by atoms with Gasteiger partial charge in [-0.1, -0.05) is 17.7 Å². The number of hydrogen-bond donors (Lipinski definition) is 2. The van der Waals surface area contributed by atoms with Crippen LogP contribution in [0.15, 0.2) is 24.3 Å². The molecule has 1 aromatic rings. The van der Waals surface area contributed by atoms with Gasteiger partial charge in [0.05, 0.1) is 19.0 Å². The number of sulfonamides is 1. The molecule has 2 amide bonds. The summed E-state index contributed by atoms with van der Waals surface area (Å²) in [6.07, 6.45) is 0. The maximum absolute atomic E-state index is 12.3. The monoisotopic (exact) mass is 361 g/mol. The lowest BCUT2D eigenvalue weighted by atomic mass is 10.3. The molecule has 1 fully saturated rings. The van der Waals surface area contributed by atoms with E-state index in [9.17, 15) is 13.2 Å². The highest BCUT2D eigenvalue weighted by atomic mass is 35.5. The number of nitrogens with zero attached hydrogens (tertiary/aromatic N) is 1. The zero-order valence-electron chi connectivity index (χ0n) is 12.8. The molecule has 1 saturated heterocycles. The van der Waals surface area contributed by atoms with E-state index in [4.69, 9.17) is 16.3 Å². The van der Waals surface area contributed by atoms with E-state index in [1.54, 1.807) is 31.2 Å². The first-order valence-corrected chi connectivity index (χ1v) is 9.25. The van der Waals surface area contributed by atoms with Crippen LogP contribution in [0.1, 0.15) is 6.92 Å². The van der Waals surface area contributed by atoms with Crippen LogP contribution in [-0.4, -0.2) is 56.9 Å². The van der Waals surface area contributed by atoms with Crippen LogP contribution in [0.25, 0.3) is 0 Å². The third-order valence-electron chi connectivity index (χ3n) is 3.39. The number of morpholine rings is 1. The first-order valence-electron chi connectivity index (χ1n) is 7.26. The first kappa shape index (κ1) is 18.0. The summed E-state index contributed by atoms with van der Waals surface area (Å²) in [5, 5.41) is 5.63. The van der Waals surface area contributed by atoms with E-state index in [1.807, 2.05) is 0 Å². The summed E-state index contributed by atoms with van der Waals surface area (Å²) in [5.41, 5.74) is 0.541. The van der Waals surface area contributed by atoms with Gasteiger partial charge in [0.25, 0.3) is 0 Å². The molecule has 1 heterocycles. The minimum absolute atomic E-state index is 0.0266. The van der Waals surface area contributed by atoms with Gasteiger partial charge in [-0.2, -0.15) is 4.31 Å². The zero-order valence-corrected chi connectivity index (χ0v) is 14.4. The number of anilines is 1. The fourth-order valence-electron chi connectivity index (χ4n) is 2.28. The van der Waals surface area contributed by atoms with Crippen LogP contribution in [0.4, 0.5) is 10.5 Å². The van der Waals surface area contributed by atoms with Crippen molar-refractivity contribution in [2.45, 2.75) is 13.0 Å². The second-order valence-electron chi connectivity index (χ2n) is 5.24. The lowest BCUT2D eigenvalue weighted by Crippen LogP contribution is -2.49. The number of ether oxygens (including phenoxy) is 1. The van der Waals surface area contributed by atoms with Crippen molar-refractivity contribution in [1.82, 2.24) is 9.62 Å². The Balaban J connectivity index is 1.80. The first-order chi connectivity index (χ1) is 10.9. The number of carbonyl (C=O) groups is 1. The molecule has 1 atom stereocenters. The summed E-state index contributed by atoms with van der Waals surface area (Å²) < 4.78 is 31.2. The molecule has 0 aromatic heterocycles. The quantitative estimate of drug-likeness (QED) is 0.832. The van der Waals surface area contributed by atoms with Crippen LogP contribution in [0.3, 0.4) is 0 Å². The summed E-state index contributed by atoms with van der Waals surface area (Å²) in [5.74, 6) is -0.152. The summed E-state index contributed by atoms with van der Waals surface area (Å²) >= 11 is 5.83. The Morgan fingerprint density at radius 2 is 2.26 bits per heavy atom. The van der Waals surface area contributed by atoms with Crippen LogP contribution in [0.5, 0.6) is 0 Å². The molecule has 0 saturated carbocycles. The molecule has 1 aromatic carbocycles. The van der Waals surface area contributed by atoms with E-state index >= 15 is 0 Å². The molecule has 2 N–H and O–H groups in total. The van der Waals surface area contributed by atoms with Crippen molar-refractivity contribution in [2.75, 3.05) is 37.4 Å². The number of carbonyl (C=O) groups excluding carboxylic acids is 1. The van der Waals surface area contributed by atoms with Crippen molar-refractivity contribution >= 4 is 33.3 Å². The smallest absolute Gasteiger partial charge is 0.319 e. The Morgan fingerprint density at radius 3 is 2.96 bits per heavy atom. The number of benzene rings is 1. The van der Waals surface area contributed by atoms with Crippen LogP contribution in [-0.2, 0) is 14.8 Å². The van der Waals surface area contributed by atoms with Crippen LogP contribution < -0.4 is 10.6 Å². The lowest BCUT2D eigenvalue weighted by molar-refractivity contribution is 0.0393. The maximum atomic E-state index is 12.3. The topological polar surface area (TPSA) is 87.7 Å². The summed E-state index contributed by atoms with van der Waals surface area (Å²) in [7, 11) is -3.42. The molecule has 1 aliphatic heterocycles. The highest BCUT2D eigenvalue weighted by Gasteiger charge is 2.29. The Hall–Kier alpha value is -1.35. The normalized spacial score (nSPS) is 19.3. The molecule has 128 valence electrons. The van der Waals surface area contributed by atoms with Gasteiger partial charge in [-0.05, 0) is 25.1 Å². The molecule has 9 heteroatoms. The highest BCUT2D eigenvalue weighted by Crippen LogP contribution is 2.15. The average Bonchev–Trinajstić information content (AvgIpc) is 2.47. The van der Waals surface area contributed by atoms with Gasteiger partial charge in [-0.15, -0.1) is 0 Å². The molecule has 7 nitrogen and oxygen atoms in total. The Labute approximate surface area is 141 Å². The van der Waals surface area contributed by atoms with Crippen molar-refractivity contribution in [2.24, 2.45) is 0 Å². The average molecular weight is 362 g/mol. The van der Waals surface area contributed by atoms with E-state index in [0.717, 1.165) is 0 Å². The molecular weight excluding hydrogens is 342 g/mol. The van der Waals surface area contributed by atoms with Crippen LogP contribution in [0, 0.1) is 0 Å². The van der Waals surface area contributed by atoms with Gasteiger partial charge < -0.3 is 15.4 Å². The van der Waals surface area contributed by atoms with Crippen molar-refractivity contribution < 1.29 is 17.9 Å². The number of nitrogens with one attached hydrogen (secondary N) is 2. The molecule has 2 rings (SSSR count). The van der Waals surface area contributed by atoms with Crippen LogP contribution in [0.2, 0.25) is 5.02 Å². The maximum Gasteiger partial charge on any atom is 0.319 e. The van der Waals surface area contributed by atoms with Gasteiger partial charge in [0.15, 0.2) is 0 Å². The van der Waals surface area contributed by atoms with E-state index in [1.165, 1.54) is 4.31 Å². The molecule has 0 radical (unpaired) electrons. The van der Waals surface area contributed by atoms with Crippen molar-refractivity contribution in [1.29, 1.82) is 0 Å². The Morgan fingerprint density at radius 1 is 1.48 bits per heavy atom. The second-order valence-corrected chi connectivity index (χ2v) is 7.72. The zero-order chi connectivity index (χ0) is 16.9. The van der Waals surface area contributed by atoms with Gasteiger partial charge in [-0.3, -0.25) is 0 Å². The molecule has 1 unspecified atom stereocenters. The van der Waals surface area contributed by atoms with E-state index < -0.39 is 16.1 Å². The fraction of sp³-hybridized carbons (Fsp3) is 0.500. The number of rotatable bonds is 5. The number of amides is 2.